The number of hydrogen-bond donors (Lipinski definition) is 2. The zero-order valence-electron chi connectivity index (χ0n) is 15.2. The van der Waals surface area contributed by atoms with Gasteiger partial charge in [-0.3, -0.25) is 4.79 Å². The molecule has 140 valence electrons. The summed E-state index contributed by atoms with van der Waals surface area (Å²) in [7, 11) is 0. The van der Waals surface area contributed by atoms with Gasteiger partial charge in [-0.15, -0.1) is 11.3 Å². The Morgan fingerprint density at radius 1 is 1.11 bits per heavy atom. The van der Waals surface area contributed by atoms with Crippen molar-refractivity contribution in [2.75, 3.05) is 10.2 Å². The summed E-state index contributed by atoms with van der Waals surface area (Å²) in [5, 5.41) is 6.00. The highest BCUT2D eigenvalue weighted by atomic mass is 32.1. The zero-order valence-corrected chi connectivity index (χ0v) is 16.0. The van der Waals surface area contributed by atoms with Crippen molar-refractivity contribution >= 4 is 40.0 Å². The topological polar surface area (TPSA) is 70.7 Å². The Morgan fingerprint density at radius 2 is 1.89 bits per heavy atom. The number of thiophene rings is 1. The molecule has 3 aromatic rings. The molecule has 1 fully saturated rings. The highest BCUT2D eigenvalue weighted by Gasteiger charge is 2.43. The van der Waals surface area contributed by atoms with Crippen LogP contribution in [0, 0.1) is 5.92 Å². The van der Waals surface area contributed by atoms with Gasteiger partial charge in [0.2, 0.25) is 5.91 Å². The molecule has 3 N–H and O–H groups in total. The summed E-state index contributed by atoms with van der Waals surface area (Å²) in [6.45, 7) is 0. The molecule has 2 heterocycles. The first-order chi connectivity index (χ1) is 13.7. The van der Waals surface area contributed by atoms with Crippen LogP contribution in [0.15, 0.2) is 71.0 Å². The summed E-state index contributed by atoms with van der Waals surface area (Å²) in [5.74, 6) is 0.477. The van der Waals surface area contributed by atoms with Crippen LogP contribution in [0.5, 0.6) is 0 Å². The predicted octanol–water partition coefficient (Wildman–Crippen LogP) is 4.63. The summed E-state index contributed by atoms with van der Waals surface area (Å²) in [6, 6.07) is 20.0. The van der Waals surface area contributed by atoms with E-state index in [2.05, 4.69) is 22.4 Å². The van der Waals surface area contributed by atoms with E-state index in [4.69, 9.17) is 5.73 Å². The second-order valence-electron chi connectivity index (χ2n) is 7.17. The maximum atomic E-state index is 12.5. The van der Waals surface area contributed by atoms with Crippen LogP contribution >= 0.6 is 11.3 Å². The van der Waals surface area contributed by atoms with E-state index >= 15 is 0 Å². The molecule has 2 aromatic carbocycles. The Bertz CT molecular complexity index is 1030. The molecule has 28 heavy (non-hydrogen) atoms. The molecular weight excluding hydrogens is 368 g/mol. The Kier molecular flexibility index (Phi) is 4.22. The fourth-order valence-corrected chi connectivity index (χ4v) is 4.49. The number of nitrogens with two attached hydrogens (primary N) is 1. The summed E-state index contributed by atoms with van der Waals surface area (Å²) in [6.07, 6.45) is 2.43. The predicted molar refractivity (Wildman–Crippen MR) is 114 cm³/mol. The molecule has 1 saturated carbocycles. The normalized spacial score (nSPS) is 22.6. The Hall–Kier alpha value is -2.96. The van der Waals surface area contributed by atoms with E-state index in [1.54, 1.807) is 17.7 Å². The van der Waals surface area contributed by atoms with Crippen molar-refractivity contribution in [3.8, 4) is 0 Å². The lowest BCUT2D eigenvalue weighted by molar-refractivity contribution is -0.117. The highest BCUT2D eigenvalue weighted by molar-refractivity contribution is 7.14. The average molecular weight is 388 g/mol. The minimum absolute atomic E-state index is 0.0572. The molecule has 1 amide bonds. The number of nitrogens with zero attached hydrogens (tertiary/aromatic N) is 2. The summed E-state index contributed by atoms with van der Waals surface area (Å²) < 4.78 is 0. The van der Waals surface area contributed by atoms with Gasteiger partial charge in [0.05, 0.1) is 6.34 Å². The molecule has 1 aliphatic carbocycles. The third-order valence-corrected chi connectivity index (χ3v) is 6.22. The van der Waals surface area contributed by atoms with E-state index < -0.39 is 0 Å². The van der Waals surface area contributed by atoms with Crippen molar-refractivity contribution < 1.29 is 4.79 Å². The van der Waals surface area contributed by atoms with Gasteiger partial charge >= 0.3 is 0 Å². The Morgan fingerprint density at radius 3 is 2.68 bits per heavy atom. The second-order valence-corrected chi connectivity index (χ2v) is 8.07. The minimum atomic E-state index is -0.253. The number of fused-ring (bicyclic) bond motifs is 1. The van der Waals surface area contributed by atoms with Gasteiger partial charge in [0, 0.05) is 22.9 Å². The van der Waals surface area contributed by atoms with E-state index in [0.717, 1.165) is 28.4 Å². The van der Waals surface area contributed by atoms with Gasteiger partial charge in [0.25, 0.3) is 0 Å². The summed E-state index contributed by atoms with van der Waals surface area (Å²) in [4.78, 5) is 19.0. The molecule has 1 aliphatic heterocycles. The quantitative estimate of drug-likeness (QED) is 0.685. The molecule has 1 aromatic heterocycles. The molecule has 2 aliphatic rings. The van der Waals surface area contributed by atoms with Crippen LogP contribution in [-0.2, 0) is 4.79 Å². The van der Waals surface area contributed by atoms with Gasteiger partial charge in [0.15, 0.2) is 0 Å². The molecule has 1 unspecified atom stereocenters. The third-order valence-electron chi connectivity index (χ3n) is 5.38. The third kappa shape index (κ3) is 3.10. The van der Waals surface area contributed by atoms with Crippen molar-refractivity contribution in [3.63, 3.8) is 0 Å². The van der Waals surface area contributed by atoms with Gasteiger partial charge in [-0.2, -0.15) is 0 Å². The number of benzene rings is 2. The second kappa shape index (κ2) is 6.89. The number of hydrogen-bond acceptors (Lipinski definition) is 5. The van der Waals surface area contributed by atoms with Crippen LogP contribution in [0.4, 0.5) is 16.4 Å². The Labute approximate surface area is 167 Å². The Balaban J connectivity index is 1.24. The number of aliphatic imine (C=N–C) groups is 1. The first-order valence-corrected chi connectivity index (χ1v) is 10.2. The zero-order chi connectivity index (χ0) is 19.1. The molecule has 5 rings (SSSR count). The van der Waals surface area contributed by atoms with Crippen LogP contribution in [0.25, 0.3) is 0 Å². The van der Waals surface area contributed by atoms with Crippen LogP contribution in [-0.4, -0.2) is 12.2 Å². The van der Waals surface area contributed by atoms with E-state index in [1.807, 2.05) is 58.8 Å². The minimum Gasteiger partial charge on any atom is -0.326 e. The fourth-order valence-electron chi connectivity index (χ4n) is 3.71. The smallest absolute Gasteiger partial charge is 0.228 e. The van der Waals surface area contributed by atoms with Crippen LogP contribution < -0.4 is 16.0 Å². The van der Waals surface area contributed by atoms with Gasteiger partial charge in [-0.05, 0) is 53.6 Å². The summed E-state index contributed by atoms with van der Waals surface area (Å²) >= 11 is 1.59. The number of amides is 1. The number of carbonyl (C=O) groups excluding carboxylic acids is 1. The van der Waals surface area contributed by atoms with Crippen molar-refractivity contribution in [2.45, 2.75) is 18.5 Å². The molecule has 5 nitrogen and oxygen atoms in total. The number of anilines is 2. The number of nitrogens with one attached hydrogen (secondary N) is 1. The average Bonchev–Trinajstić information content (AvgIpc) is 3.39. The van der Waals surface area contributed by atoms with Crippen LogP contribution in [0.3, 0.4) is 0 Å². The van der Waals surface area contributed by atoms with Crippen LogP contribution in [0.1, 0.15) is 29.6 Å². The van der Waals surface area contributed by atoms with E-state index in [9.17, 15) is 4.79 Å². The van der Waals surface area contributed by atoms with Crippen molar-refractivity contribution in [2.24, 2.45) is 16.6 Å². The lowest BCUT2D eigenvalue weighted by Crippen LogP contribution is -2.35. The molecule has 0 radical (unpaired) electrons. The molecule has 0 bridgehead atoms. The first-order valence-electron chi connectivity index (χ1n) is 9.32. The van der Waals surface area contributed by atoms with E-state index in [-0.39, 0.29) is 18.0 Å². The number of carbonyl (C=O) groups is 1. The van der Waals surface area contributed by atoms with E-state index in [0.29, 0.717) is 5.92 Å². The molecule has 3 atom stereocenters. The monoisotopic (exact) mass is 388 g/mol. The van der Waals surface area contributed by atoms with Crippen molar-refractivity contribution in [1.82, 2.24) is 0 Å². The van der Waals surface area contributed by atoms with Gasteiger partial charge < -0.3 is 16.0 Å². The van der Waals surface area contributed by atoms with Crippen molar-refractivity contribution in [3.05, 3.63) is 77.2 Å². The number of rotatable bonds is 4. The van der Waals surface area contributed by atoms with Crippen LogP contribution in [0.2, 0.25) is 0 Å². The standard InChI is InChI=1S/C22H20N4OS/c23-20-17-10-11-28-22(17)24-13-26(20)16-8-6-15(7-9-16)25-21(27)19-12-18(19)14-4-2-1-3-5-14/h1-11,13,18-20H,12,23H2,(H,25,27)/t18-,19+,20?/m0/s1. The maximum Gasteiger partial charge on any atom is 0.228 e. The highest BCUT2D eigenvalue weighted by Crippen LogP contribution is 2.48. The van der Waals surface area contributed by atoms with Gasteiger partial charge in [0.1, 0.15) is 11.2 Å². The largest absolute Gasteiger partial charge is 0.326 e. The molecule has 0 saturated heterocycles. The fraction of sp³-hybridized carbons (Fsp3) is 0.182. The van der Waals surface area contributed by atoms with E-state index in [1.165, 1.54) is 5.56 Å². The van der Waals surface area contributed by atoms with Crippen molar-refractivity contribution in [1.29, 1.82) is 0 Å². The molecular formula is C22H20N4OS. The lowest BCUT2D eigenvalue weighted by atomic mass is 10.1. The molecule has 0 spiro atoms. The van der Waals surface area contributed by atoms with Gasteiger partial charge in [-0.25, -0.2) is 4.99 Å². The summed E-state index contributed by atoms with van der Waals surface area (Å²) in [5.41, 5.74) is 10.4. The maximum absolute atomic E-state index is 12.5. The molecule has 6 heteroatoms. The SMILES string of the molecule is NC1c2ccsc2N=CN1c1ccc(NC(=O)[C@@H]2C[C@H]2c2ccccc2)cc1. The van der Waals surface area contributed by atoms with Gasteiger partial charge in [-0.1, -0.05) is 30.3 Å². The lowest BCUT2D eigenvalue weighted by Gasteiger charge is -2.29. The first kappa shape index (κ1) is 17.2.